The fourth-order valence-corrected chi connectivity index (χ4v) is 1.75. The minimum Gasteiger partial charge on any atom is -0.507 e. The van der Waals surface area contributed by atoms with Gasteiger partial charge in [-0.15, -0.1) is 0 Å². The summed E-state index contributed by atoms with van der Waals surface area (Å²) in [7, 11) is 1.44. The number of benzene rings is 1. The van der Waals surface area contributed by atoms with Gasteiger partial charge in [-0.1, -0.05) is 0 Å². The van der Waals surface area contributed by atoms with Gasteiger partial charge in [-0.3, -0.25) is 0 Å². The number of halogens is 1. The van der Waals surface area contributed by atoms with E-state index in [0.29, 0.717) is 21.2 Å². The van der Waals surface area contributed by atoms with Gasteiger partial charge in [0.15, 0.2) is 6.79 Å². The highest BCUT2D eigenvalue weighted by Gasteiger charge is 2.18. The number of esters is 1. The summed E-state index contributed by atoms with van der Waals surface area (Å²) >= 11 is 3.21. The number of phenols is 1. The van der Waals surface area contributed by atoms with Crippen molar-refractivity contribution >= 4 is 21.9 Å². The molecule has 16 heavy (non-hydrogen) atoms. The predicted octanol–water partition coefficient (Wildman–Crippen LogP) is 2.53. The van der Waals surface area contributed by atoms with Crippen molar-refractivity contribution < 1.29 is 19.4 Å². The first-order chi connectivity index (χ1) is 7.49. The topological polar surface area (TPSA) is 55.8 Å². The number of aromatic hydroxyl groups is 1. The number of ether oxygens (including phenoxy) is 2. The van der Waals surface area contributed by atoms with Crippen LogP contribution in [0.3, 0.4) is 0 Å². The molecule has 5 heteroatoms. The Kier molecular flexibility index (Phi) is 4.32. The monoisotopic (exact) mass is 288 g/mol. The molecule has 0 spiro atoms. The van der Waals surface area contributed by atoms with Gasteiger partial charge in [0.05, 0.1) is 10.0 Å². The molecule has 1 aromatic rings. The molecule has 0 amide bonds. The van der Waals surface area contributed by atoms with E-state index in [4.69, 9.17) is 4.74 Å². The highest BCUT2D eigenvalue weighted by molar-refractivity contribution is 9.10. The van der Waals surface area contributed by atoms with Crippen molar-refractivity contribution in [2.24, 2.45) is 0 Å². The second kappa shape index (κ2) is 5.32. The first-order valence-electron chi connectivity index (χ1n) is 4.63. The number of methoxy groups -OCH3 is 1. The van der Waals surface area contributed by atoms with Crippen molar-refractivity contribution in [3.63, 3.8) is 0 Å². The molecule has 88 valence electrons. The summed E-state index contributed by atoms with van der Waals surface area (Å²) in [6.07, 6.45) is 0. The maximum Gasteiger partial charge on any atom is 0.340 e. The highest BCUT2D eigenvalue weighted by Crippen LogP contribution is 2.32. The molecule has 0 aliphatic rings. The smallest absolute Gasteiger partial charge is 0.340 e. The van der Waals surface area contributed by atoms with Crippen molar-refractivity contribution in [1.82, 2.24) is 0 Å². The molecule has 4 nitrogen and oxygen atoms in total. The Hall–Kier alpha value is -1.07. The molecule has 1 N–H and O–H groups in total. The Balaban J connectivity index is 3.13. The lowest BCUT2D eigenvalue weighted by molar-refractivity contribution is -0.0126. The highest BCUT2D eigenvalue weighted by atomic mass is 79.9. The Morgan fingerprint density at radius 2 is 2.12 bits per heavy atom. The normalized spacial score (nSPS) is 10.2. The summed E-state index contributed by atoms with van der Waals surface area (Å²) in [4.78, 5) is 11.7. The third-order valence-corrected chi connectivity index (χ3v) is 3.19. The van der Waals surface area contributed by atoms with E-state index in [1.54, 1.807) is 13.8 Å². The second-order valence-electron chi connectivity index (χ2n) is 3.36. The number of phenolic OH excluding ortho intramolecular Hbond substituents is 1. The molecule has 0 heterocycles. The van der Waals surface area contributed by atoms with Crippen LogP contribution in [-0.4, -0.2) is 25.0 Å². The molecular weight excluding hydrogens is 276 g/mol. The Morgan fingerprint density at radius 1 is 1.50 bits per heavy atom. The molecule has 1 aromatic carbocycles. The first-order valence-corrected chi connectivity index (χ1v) is 5.43. The lowest BCUT2D eigenvalue weighted by atomic mass is 10.0. The number of carbonyl (C=O) groups is 1. The van der Waals surface area contributed by atoms with Crippen LogP contribution in [-0.2, 0) is 9.47 Å². The predicted molar refractivity (Wildman–Crippen MR) is 62.6 cm³/mol. The average molecular weight is 289 g/mol. The van der Waals surface area contributed by atoms with Gasteiger partial charge in [0.2, 0.25) is 0 Å². The van der Waals surface area contributed by atoms with Crippen molar-refractivity contribution in [3.8, 4) is 5.75 Å². The zero-order valence-electron chi connectivity index (χ0n) is 9.33. The number of hydrogen-bond acceptors (Lipinski definition) is 4. The van der Waals surface area contributed by atoms with Gasteiger partial charge in [-0.2, -0.15) is 0 Å². The molecule has 0 aliphatic carbocycles. The Morgan fingerprint density at radius 3 is 2.69 bits per heavy atom. The van der Waals surface area contributed by atoms with Gasteiger partial charge in [0, 0.05) is 7.11 Å². The maximum absolute atomic E-state index is 11.7. The zero-order chi connectivity index (χ0) is 12.3. The van der Waals surface area contributed by atoms with Crippen LogP contribution in [0.5, 0.6) is 5.75 Å². The van der Waals surface area contributed by atoms with Gasteiger partial charge < -0.3 is 14.6 Å². The Labute approximate surface area is 102 Å². The van der Waals surface area contributed by atoms with Crippen LogP contribution in [0.4, 0.5) is 0 Å². The van der Waals surface area contributed by atoms with Crippen LogP contribution in [0, 0.1) is 13.8 Å². The largest absolute Gasteiger partial charge is 0.507 e. The first kappa shape index (κ1) is 13.0. The maximum atomic E-state index is 11.7. The second-order valence-corrected chi connectivity index (χ2v) is 4.16. The quantitative estimate of drug-likeness (QED) is 0.686. The van der Waals surface area contributed by atoms with Crippen LogP contribution in [0.15, 0.2) is 10.5 Å². The van der Waals surface area contributed by atoms with Gasteiger partial charge in [-0.25, -0.2) is 4.79 Å². The molecular formula is C11H13BrO4. The molecule has 0 unspecified atom stereocenters. The molecule has 0 saturated carbocycles. The lowest BCUT2D eigenvalue weighted by Crippen LogP contribution is -2.11. The van der Waals surface area contributed by atoms with Crippen molar-refractivity contribution in [3.05, 3.63) is 27.2 Å². The third kappa shape index (κ3) is 2.54. The van der Waals surface area contributed by atoms with E-state index in [-0.39, 0.29) is 12.5 Å². The van der Waals surface area contributed by atoms with E-state index >= 15 is 0 Å². The number of rotatable bonds is 3. The van der Waals surface area contributed by atoms with Crippen molar-refractivity contribution in [1.29, 1.82) is 0 Å². The van der Waals surface area contributed by atoms with Crippen LogP contribution in [0.25, 0.3) is 0 Å². The van der Waals surface area contributed by atoms with Crippen LogP contribution >= 0.6 is 15.9 Å². The van der Waals surface area contributed by atoms with Crippen molar-refractivity contribution in [2.45, 2.75) is 13.8 Å². The van der Waals surface area contributed by atoms with Crippen LogP contribution < -0.4 is 0 Å². The summed E-state index contributed by atoms with van der Waals surface area (Å²) in [6, 6.07) is 1.51. The lowest BCUT2D eigenvalue weighted by Gasteiger charge is -2.12. The van der Waals surface area contributed by atoms with Gasteiger partial charge in [0.25, 0.3) is 0 Å². The molecule has 0 saturated heterocycles. The van der Waals surface area contributed by atoms with E-state index in [1.165, 1.54) is 13.2 Å². The fourth-order valence-electron chi connectivity index (χ4n) is 1.44. The molecule has 0 bridgehead atoms. The van der Waals surface area contributed by atoms with Gasteiger partial charge >= 0.3 is 5.97 Å². The van der Waals surface area contributed by atoms with E-state index in [0.717, 1.165) is 0 Å². The van der Waals surface area contributed by atoms with E-state index in [1.807, 2.05) is 0 Å². The summed E-state index contributed by atoms with van der Waals surface area (Å²) in [5.74, 6) is -0.351. The minimum absolute atomic E-state index is 0.0871. The van der Waals surface area contributed by atoms with E-state index in [9.17, 15) is 9.90 Å². The average Bonchev–Trinajstić information content (AvgIpc) is 2.23. The fraction of sp³-hybridized carbons (Fsp3) is 0.364. The van der Waals surface area contributed by atoms with E-state index in [2.05, 4.69) is 20.7 Å². The number of aryl methyl sites for hydroxylation is 1. The number of carbonyl (C=O) groups excluding carboxylic acids is 1. The van der Waals surface area contributed by atoms with Crippen LogP contribution in [0.1, 0.15) is 21.5 Å². The summed E-state index contributed by atoms with van der Waals surface area (Å²) in [5, 5.41) is 9.54. The van der Waals surface area contributed by atoms with Gasteiger partial charge in [0.1, 0.15) is 5.75 Å². The molecule has 1 rings (SSSR count). The third-order valence-electron chi connectivity index (χ3n) is 2.19. The van der Waals surface area contributed by atoms with Gasteiger partial charge in [-0.05, 0) is 47.0 Å². The molecule has 0 atom stereocenters. The zero-order valence-corrected chi connectivity index (χ0v) is 10.9. The Bertz CT molecular complexity index is 415. The van der Waals surface area contributed by atoms with Crippen molar-refractivity contribution in [2.75, 3.05) is 13.9 Å². The molecule has 0 aliphatic heterocycles. The number of hydrogen-bond donors (Lipinski definition) is 1. The standard InChI is InChI=1S/C11H13BrO4/c1-6-4-8(13)10(12)7(2)9(6)11(14)16-5-15-3/h4,13H,5H2,1-3H3. The minimum atomic E-state index is -0.461. The summed E-state index contributed by atoms with van der Waals surface area (Å²) in [6.45, 7) is 3.39. The summed E-state index contributed by atoms with van der Waals surface area (Å²) in [5.41, 5.74) is 1.76. The van der Waals surface area contributed by atoms with E-state index < -0.39 is 5.97 Å². The van der Waals surface area contributed by atoms with Crippen LogP contribution in [0.2, 0.25) is 0 Å². The summed E-state index contributed by atoms with van der Waals surface area (Å²) < 4.78 is 10.0. The molecule has 0 aromatic heterocycles. The molecule has 0 fully saturated rings. The molecule has 0 radical (unpaired) electrons. The SMILES string of the molecule is COCOC(=O)c1c(C)cc(O)c(Br)c1C.